The van der Waals surface area contributed by atoms with Crippen LogP contribution in [0.3, 0.4) is 0 Å². The minimum absolute atomic E-state index is 0.116. The molecule has 3 rings (SSSR count). The first-order chi connectivity index (χ1) is 8.73. The van der Waals surface area contributed by atoms with Crippen LogP contribution < -0.4 is 5.73 Å². The smallest absolute Gasteiger partial charge is 0.238 e. The Morgan fingerprint density at radius 2 is 2.11 bits per heavy atom. The second-order valence-corrected chi connectivity index (χ2v) is 5.57. The summed E-state index contributed by atoms with van der Waals surface area (Å²) in [5.74, 6) is 0.377. The minimum Gasteiger partial charge on any atom is -0.368 e. The van der Waals surface area contributed by atoms with Crippen LogP contribution in [0.1, 0.15) is 31.2 Å². The Balaban J connectivity index is 1.83. The van der Waals surface area contributed by atoms with Gasteiger partial charge in [0.05, 0.1) is 0 Å². The van der Waals surface area contributed by atoms with Crippen molar-refractivity contribution in [1.82, 2.24) is 4.90 Å². The molecule has 2 unspecified atom stereocenters. The summed E-state index contributed by atoms with van der Waals surface area (Å²) in [4.78, 5) is 14.2. The van der Waals surface area contributed by atoms with Gasteiger partial charge in [-0.2, -0.15) is 0 Å². The van der Waals surface area contributed by atoms with Crippen molar-refractivity contribution < 1.29 is 4.79 Å². The van der Waals surface area contributed by atoms with Gasteiger partial charge in [-0.05, 0) is 43.7 Å². The number of fused-ring (bicyclic) bond motifs is 1. The first kappa shape index (κ1) is 11.7. The highest BCUT2D eigenvalue weighted by molar-refractivity contribution is 5.86. The number of carbonyl (C=O) groups is 1. The number of nitrogens with zero attached hydrogens (tertiary/aromatic N) is 1. The van der Waals surface area contributed by atoms with Crippen LogP contribution in [0, 0.1) is 5.92 Å². The summed E-state index contributed by atoms with van der Waals surface area (Å²) in [6, 6.07) is 10.4. The van der Waals surface area contributed by atoms with E-state index >= 15 is 0 Å². The van der Waals surface area contributed by atoms with Crippen molar-refractivity contribution in [2.45, 2.75) is 37.8 Å². The zero-order valence-corrected chi connectivity index (χ0v) is 10.6. The van der Waals surface area contributed by atoms with Gasteiger partial charge in [0.25, 0.3) is 0 Å². The van der Waals surface area contributed by atoms with Crippen molar-refractivity contribution in [1.29, 1.82) is 0 Å². The van der Waals surface area contributed by atoms with E-state index in [-0.39, 0.29) is 11.4 Å². The Hall–Kier alpha value is -1.35. The fourth-order valence-corrected chi connectivity index (χ4v) is 3.65. The predicted octanol–water partition coefficient (Wildman–Crippen LogP) is 1.92. The highest BCUT2D eigenvalue weighted by Crippen LogP contribution is 2.49. The molecule has 1 amide bonds. The van der Waals surface area contributed by atoms with E-state index in [1.165, 1.54) is 12.0 Å². The van der Waals surface area contributed by atoms with E-state index in [0.717, 1.165) is 32.4 Å². The third-order valence-electron chi connectivity index (χ3n) is 4.74. The van der Waals surface area contributed by atoms with Crippen LogP contribution in [0.25, 0.3) is 0 Å². The molecule has 3 nitrogen and oxygen atoms in total. The Bertz CT molecular complexity index is 445. The van der Waals surface area contributed by atoms with E-state index in [0.29, 0.717) is 5.92 Å². The van der Waals surface area contributed by atoms with Crippen molar-refractivity contribution >= 4 is 5.91 Å². The van der Waals surface area contributed by atoms with E-state index in [2.05, 4.69) is 29.2 Å². The van der Waals surface area contributed by atoms with Crippen LogP contribution in [-0.4, -0.2) is 22.9 Å². The number of primary amides is 1. The van der Waals surface area contributed by atoms with Gasteiger partial charge in [0, 0.05) is 6.54 Å². The summed E-state index contributed by atoms with van der Waals surface area (Å²) in [5, 5.41) is 0. The third kappa shape index (κ3) is 1.65. The molecule has 1 aliphatic heterocycles. The standard InChI is InChI=1S/C15H20N2O/c16-14(18)15-9-8-13(15)7-4-10-17(15)11-12-5-2-1-3-6-12/h1-3,5-6,13H,4,7-11H2,(H2,16,18). The number of carbonyl (C=O) groups excluding carboxylic acids is 1. The first-order valence-electron chi connectivity index (χ1n) is 6.82. The van der Waals surface area contributed by atoms with Gasteiger partial charge in [-0.25, -0.2) is 0 Å². The van der Waals surface area contributed by atoms with Gasteiger partial charge in [0.1, 0.15) is 5.54 Å². The average Bonchev–Trinajstić information content (AvgIpc) is 2.33. The molecule has 1 aromatic rings. The van der Waals surface area contributed by atoms with E-state index in [1.807, 2.05) is 6.07 Å². The van der Waals surface area contributed by atoms with Crippen molar-refractivity contribution in [3.8, 4) is 0 Å². The third-order valence-corrected chi connectivity index (χ3v) is 4.74. The largest absolute Gasteiger partial charge is 0.368 e. The molecule has 1 saturated heterocycles. The van der Waals surface area contributed by atoms with Crippen LogP contribution in [0.5, 0.6) is 0 Å². The summed E-state index contributed by atoms with van der Waals surface area (Å²) in [5.41, 5.74) is 6.64. The molecule has 3 heteroatoms. The van der Waals surface area contributed by atoms with E-state index in [1.54, 1.807) is 0 Å². The Kier molecular flexibility index (Phi) is 2.86. The normalized spacial score (nSPS) is 31.4. The predicted molar refractivity (Wildman–Crippen MR) is 70.7 cm³/mol. The number of hydrogen-bond donors (Lipinski definition) is 1. The van der Waals surface area contributed by atoms with Crippen molar-refractivity contribution in [2.24, 2.45) is 11.7 Å². The molecule has 96 valence electrons. The number of nitrogens with two attached hydrogens (primary N) is 1. The maximum absolute atomic E-state index is 11.9. The second kappa shape index (κ2) is 4.39. The fraction of sp³-hybridized carbons (Fsp3) is 0.533. The monoisotopic (exact) mass is 244 g/mol. The molecule has 0 spiro atoms. The Morgan fingerprint density at radius 3 is 2.72 bits per heavy atom. The van der Waals surface area contributed by atoms with Crippen LogP contribution in [0.2, 0.25) is 0 Å². The first-order valence-corrected chi connectivity index (χ1v) is 6.82. The lowest BCUT2D eigenvalue weighted by Gasteiger charge is -2.57. The zero-order chi connectivity index (χ0) is 12.6. The molecule has 2 N–H and O–H groups in total. The quantitative estimate of drug-likeness (QED) is 0.883. The van der Waals surface area contributed by atoms with E-state index in [9.17, 15) is 4.79 Å². The molecular formula is C15H20N2O. The van der Waals surface area contributed by atoms with Gasteiger partial charge in [0.15, 0.2) is 0 Å². The van der Waals surface area contributed by atoms with Gasteiger partial charge < -0.3 is 5.73 Å². The number of piperidine rings is 1. The van der Waals surface area contributed by atoms with Crippen LogP contribution in [-0.2, 0) is 11.3 Å². The molecular weight excluding hydrogens is 224 g/mol. The molecule has 2 atom stereocenters. The van der Waals surface area contributed by atoms with Gasteiger partial charge in [-0.1, -0.05) is 30.3 Å². The molecule has 2 fully saturated rings. The Morgan fingerprint density at radius 1 is 1.33 bits per heavy atom. The van der Waals surface area contributed by atoms with E-state index < -0.39 is 0 Å². The molecule has 1 saturated carbocycles. The summed E-state index contributed by atoms with van der Waals surface area (Å²) in [6.07, 6.45) is 4.45. The van der Waals surface area contributed by atoms with E-state index in [4.69, 9.17) is 5.73 Å². The topological polar surface area (TPSA) is 46.3 Å². The summed E-state index contributed by atoms with van der Waals surface area (Å²) >= 11 is 0. The Labute approximate surface area is 108 Å². The lowest BCUT2D eigenvalue weighted by atomic mass is 9.61. The van der Waals surface area contributed by atoms with Crippen molar-refractivity contribution in [3.05, 3.63) is 35.9 Å². The lowest BCUT2D eigenvalue weighted by Crippen LogP contribution is -2.69. The summed E-state index contributed by atoms with van der Waals surface area (Å²) in [7, 11) is 0. The van der Waals surface area contributed by atoms with Crippen LogP contribution in [0.4, 0.5) is 0 Å². The van der Waals surface area contributed by atoms with Crippen LogP contribution in [0.15, 0.2) is 30.3 Å². The van der Waals surface area contributed by atoms with Gasteiger partial charge >= 0.3 is 0 Å². The SMILES string of the molecule is NC(=O)C12CCC1CCCN2Cc1ccccc1. The summed E-state index contributed by atoms with van der Waals surface area (Å²) < 4.78 is 0. The zero-order valence-electron chi connectivity index (χ0n) is 10.6. The number of likely N-dealkylation sites (tertiary alicyclic amines) is 1. The molecule has 1 aliphatic carbocycles. The van der Waals surface area contributed by atoms with Crippen molar-refractivity contribution in [3.63, 3.8) is 0 Å². The number of rotatable bonds is 3. The molecule has 0 radical (unpaired) electrons. The minimum atomic E-state index is -0.339. The molecule has 18 heavy (non-hydrogen) atoms. The maximum Gasteiger partial charge on any atom is 0.238 e. The van der Waals surface area contributed by atoms with Crippen molar-refractivity contribution in [2.75, 3.05) is 6.54 Å². The van der Waals surface area contributed by atoms with Gasteiger partial charge in [0.2, 0.25) is 5.91 Å². The maximum atomic E-state index is 11.9. The number of hydrogen-bond acceptors (Lipinski definition) is 2. The van der Waals surface area contributed by atoms with Crippen LogP contribution >= 0.6 is 0 Å². The van der Waals surface area contributed by atoms with Gasteiger partial charge in [-0.15, -0.1) is 0 Å². The summed E-state index contributed by atoms with van der Waals surface area (Å²) in [6.45, 7) is 1.84. The molecule has 0 bridgehead atoms. The number of amides is 1. The highest BCUT2D eigenvalue weighted by Gasteiger charge is 2.56. The average molecular weight is 244 g/mol. The van der Waals surface area contributed by atoms with Gasteiger partial charge in [-0.3, -0.25) is 9.69 Å². The molecule has 2 aliphatic rings. The molecule has 1 aromatic carbocycles. The fourth-order valence-electron chi connectivity index (χ4n) is 3.65. The second-order valence-electron chi connectivity index (χ2n) is 5.57. The number of benzene rings is 1. The molecule has 0 aromatic heterocycles. The highest BCUT2D eigenvalue weighted by atomic mass is 16.1. The lowest BCUT2D eigenvalue weighted by molar-refractivity contribution is -0.151. The molecule has 1 heterocycles.